The molecule has 0 spiro atoms. The predicted octanol–water partition coefficient (Wildman–Crippen LogP) is 4.30. The Balaban J connectivity index is 1.61. The van der Waals surface area contributed by atoms with Crippen molar-refractivity contribution in [3.8, 4) is 0 Å². The van der Waals surface area contributed by atoms with Crippen LogP contribution in [0.2, 0.25) is 0 Å². The lowest BCUT2D eigenvalue weighted by Crippen LogP contribution is -2.28. The lowest BCUT2D eigenvalue weighted by atomic mass is 10.2. The number of hydrogen-bond acceptors (Lipinski definition) is 2. The molecule has 1 aliphatic rings. The minimum absolute atomic E-state index is 0.0739. The fraction of sp³-hybridized carbons (Fsp3) is 0.150. The third-order valence-electron chi connectivity index (χ3n) is 3.69. The SMILES string of the molecule is O=C1C=CC(CSc2ccccc2)=CCN1Cc1ccccc1. The Labute approximate surface area is 141 Å². The first-order chi connectivity index (χ1) is 11.3. The van der Waals surface area contributed by atoms with Gasteiger partial charge in [-0.15, -0.1) is 11.8 Å². The van der Waals surface area contributed by atoms with Crippen LogP contribution < -0.4 is 0 Å². The highest BCUT2D eigenvalue weighted by Gasteiger charge is 2.13. The summed E-state index contributed by atoms with van der Waals surface area (Å²) in [6.45, 7) is 1.31. The Kier molecular flexibility index (Phi) is 5.33. The van der Waals surface area contributed by atoms with Gasteiger partial charge in [0, 0.05) is 29.8 Å². The molecule has 116 valence electrons. The molecule has 1 aliphatic heterocycles. The first-order valence-electron chi connectivity index (χ1n) is 7.69. The van der Waals surface area contributed by atoms with E-state index in [0.29, 0.717) is 13.1 Å². The van der Waals surface area contributed by atoms with Gasteiger partial charge in [0.25, 0.3) is 0 Å². The molecule has 1 amide bonds. The molecule has 23 heavy (non-hydrogen) atoms. The summed E-state index contributed by atoms with van der Waals surface area (Å²) in [6.07, 6.45) is 5.79. The van der Waals surface area contributed by atoms with E-state index in [0.717, 1.165) is 11.3 Å². The summed E-state index contributed by atoms with van der Waals surface area (Å²) >= 11 is 1.79. The second-order valence-corrected chi connectivity index (χ2v) is 6.47. The molecule has 0 N–H and O–H groups in total. The van der Waals surface area contributed by atoms with Gasteiger partial charge in [0.2, 0.25) is 5.91 Å². The second kappa shape index (κ2) is 7.84. The quantitative estimate of drug-likeness (QED) is 0.765. The zero-order chi connectivity index (χ0) is 15.9. The number of carbonyl (C=O) groups is 1. The first kappa shape index (κ1) is 15.6. The molecule has 1 heterocycles. The van der Waals surface area contributed by atoms with Crippen LogP contribution in [-0.2, 0) is 11.3 Å². The number of carbonyl (C=O) groups excluding carboxylic acids is 1. The average molecular weight is 321 g/mol. The maximum atomic E-state index is 12.2. The van der Waals surface area contributed by atoms with Crippen LogP contribution in [0.15, 0.2) is 89.4 Å². The fourth-order valence-corrected chi connectivity index (χ4v) is 3.30. The molecule has 0 saturated heterocycles. The number of amides is 1. The summed E-state index contributed by atoms with van der Waals surface area (Å²) < 4.78 is 0. The standard InChI is InChI=1S/C20H19NOS/c22-20-12-11-18(16-23-19-9-5-2-6-10-19)13-14-21(20)15-17-7-3-1-4-8-17/h1-13H,14-16H2. The smallest absolute Gasteiger partial charge is 0.247 e. The highest BCUT2D eigenvalue weighted by Crippen LogP contribution is 2.21. The van der Waals surface area contributed by atoms with E-state index in [-0.39, 0.29) is 5.91 Å². The van der Waals surface area contributed by atoms with Gasteiger partial charge >= 0.3 is 0 Å². The zero-order valence-corrected chi connectivity index (χ0v) is 13.7. The third-order valence-corrected chi connectivity index (χ3v) is 4.77. The first-order valence-corrected chi connectivity index (χ1v) is 8.67. The molecule has 3 heteroatoms. The Morgan fingerprint density at radius 3 is 2.35 bits per heavy atom. The van der Waals surface area contributed by atoms with Gasteiger partial charge in [-0.25, -0.2) is 0 Å². The van der Waals surface area contributed by atoms with E-state index >= 15 is 0 Å². The van der Waals surface area contributed by atoms with Crippen LogP contribution in [-0.4, -0.2) is 23.1 Å². The van der Waals surface area contributed by atoms with Crippen LogP contribution in [0.25, 0.3) is 0 Å². The minimum atomic E-state index is 0.0739. The molecule has 0 radical (unpaired) electrons. The van der Waals surface area contributed by atoms with Gasteiger partial charge in [0.05, 0.1) is 0 Å². The summed E-state index contributed by atoms with van der Waals surface area (Å²) in [6, 6.07) is 20.4. The predicted molar refractivity (Wildman–Crippen MR) is 96.2 cm³/mol. The van der Waals surface area contributed by atoms with Crippen LogP contribution >= 0.6 is 11.8 Å². The van der Waals surface area contributed by atoms with Crippen molar-refractivity contribution in [2.45, 2.75) is 11.4 Å². The van der Waals surface area contributed by atoms with Crippen molar-refractivity contribution < 1.29 is 4.79 Å². The van der Waals surface area contributed by atoms with Crippen molar-refractivity contribution in [2.24, 2.45) is 0 Å². The molecular formula is C20H19NOS. The number of nitrogens with zero attached hydrogens (tertiary/aromatic N) is 1. The second-order valence-electron chi connectivity index (χ2n) is 5.42. The number of hydrogen-bond donors (Lipinski definition) is 0. The van der Waals surface area contributed by atoms with Gasteiger partial charge in [-0.1, -0.05) is 60.7 Å². The molecule has 0 unspecified atom stereocenters. The highest BCUT2D eigenvalue weighted by molar-refractivity contribution is 7.99. The van der Waals surface area contributed by atoms with Crippen LogP contribution in [0.1, 0.15) is 5.56 Å². The molecule has 2 nitrogen and oxygen atoms in total. The van der Waals surface area contributed by atoms with E-state index in [1.807, 2.05) is 47.4 Å². The molecule has 0 atom stereocenters. The Morgan fingerprint density at radius 1 is 0.913 bits per heavy atom. The van der Waals surface area contributed by atoms with Crippen molar-refractivity contribution in [1.82, 2.24) is 4.90 Å². The Bertz CT molecular complexity index is 707. The minimum Gasteiger partial charge on any atom is -0.331 e. The highest BCUT2D eigenvalue weighted by atomic mass is 32.2. The normalized spacial score (nSPS) is 14.5. The lowest BCUT2D eigenvalue weighted by molar-refractivity contribution is -0.126. The average Bonchev–Trinajstić information content (AvgIpc) is 2.77. The van der Waals surface area contributed by atoms with Crippen molar-refractivity contribution in [3.63, 3.8) is 0 Å². The molecule has 3 rings (SSSR count). The van der Waals surface area contributed by atoms with Crippen molar-refractivity contribution in [2.75, 3.05) is 12.3 Å². The summed E-state index contributed by atoms with van der Waals surface area (Å²) in [4.78, 5) is 15.4. The van der Waals surface area contributed by atoms with Crippen LogP contribution in [0, 0.1) is 0 Å². The van der Waals surface area contributed by atoms with Gasteiger partial charge in [-0.3, -0.25) is 4.79 Å². The molecule has 0 aliphatic carbocycles. The number of allylic oxidation sites excluding steroid dienone is 1. The molecule has 0 aromatic heterocycles. The summed E-state index contributed by atoms with van der Waals surface area (Å²) in [5.74, 6) is 0.956. The van der Waals surface area contributed by atoms with E-state index < -0.39 is 0 Å². The van der Waals surface area contributed by atoms with Gasteiger partial charge in [0.15, 0.2) is 0 Å². The van der Waals surface area contributed by atoms with Crippen LogP contribution in [0.5, 0.6) is 0 Å². The molecule has 0 bridgehead atoms. The fourth-order valence-electron chi connectivity index (χ4n) is 2.41. The van der Waals surface area contributed by atoms with Crippen LogP contribution in [0.4, 0.5) is 0 Å². The molecular weight excluding hydrogens is 302 g/mol. The van der Waals surface area contributed by atoms with E-state index in [1.54, 1.807) is 17.8 Å². The van der Waals surface area contributed by atoms with Gasteiger partial charge < -0.3 is 4.90 Å². The van der Waals surface area contributed by atoms with E-state index in [4.69, 9.17) is 0 Å². The number of thioether (sulfide) groups is 1. The molecule has 0 fully saturated rings. The van der Waals surface area contributed by atoms with Gasteiger partial charge in [-0.05, 0) is 23.3 Å². The molecule has 2 aromatic rings. The van der Waals surface area contributed by atoms with Gasteiger partial charge in [-0.2, -0.15) is 0 Å². The topological polar surface area (TPSA) is 20.3 Å². The molecule has 2 aromatic carbocycles. The van der Waals surface area contributed by atoms with E-state index in [1.165, 1.54) is 10.5 Å². The lowest BCUT2D eigenvalue weighted by Gasteiger charge is -2.18. The number of rotatable bonds is 5. The van der Waals surface area contributed by atoms with E-state index in [9.17, 15) is 4.79 Å². The van der Waals surface area contributed by atoms with Gasteiger partial charge in [0.1, 0.15) is 0 Å². The third kappa shape index (κ3) is 4.60. The Hall–Kier alpha value is -2.26. The largest absolute Gasteiger partial charge is 0.331 e. The summed E-state index contributed by atoms with van der Waals surface area (Å²) in [5.41, 5.74) is 2.35. The number of benzene rings is 2. The maximum absolute atomic E-state index is 12.2. The van der Waals surface area contributed by atoms with Crippen LogP contribution in [0.3, 0.4) is 0 Å². The monoisotopic (exact) mass is 321 g/mol. The summed E-state index contributed by atoms with van der Waals surface area (Å²) in [5, 5.41) is 0. The van der Waals surface area contributed by atoms with Crippen molar-refractivity contribution >= 4 is 17.7 Å². The Morgan fingerprint density at radius 2 is 1.61 bits per heavy atom. The van der Waals surface area contributed by atoms with E-state index in [2.05, 4.69) is 30.3 Å². The maximum Gasteiger partial charge on any atom is 0.247 e. The zero-order valence-electron chi connectivity index (χ0n) is 12.9. The van der Waals surface area contributed by atoms with Crippen molar-refractivity contribution in [1.29, 1.82) is 0 Å². The summed E-state index contributed by atoms with van der Waals surface area (Å²) in [7, 11) is 0. The molecule has 0 saturated carbocycles. The van der Waals surface area contributed by atoms with Crippen molar-refractivity contribution in [3.05, 3.63) is 90.0 Å².